The Kier molecular flexibility index (Phi) is 7.25. The van der Waals surface area contributed by atoms with Crippen LogP contribution in [0.2, 0.25) is 10.0 Å². The van der Waals surface area contributed by atoms with Gasteiger partial charge < -0.3 is 9.47 Å². The van der Waals surface area contributed by atoms with Crippen molar-refractivity contribution in [1.29, 1.82) is 0 Å². The first-order valence-electron chi connectivity index (χ1n) is 9.94. The Bertz CT molecular complexity index is 1200. The normalized spacial score (nSPS) is 11.9. The van der Waals surface area contributed by atoms with Gasteiger partial charge in [-0.05, 0) is 48.9 Å². The van der Waals surface area contributed by atoms with E-state index in [4.69, 9.17) is 32.7 Å². The molecule has 0 spiro atoms. The second-order valence-corrected chi connectivity index (χ2v) is 8.73. The zero-order chi connectivity index (χ0) is 22.5. The van der Waals surface area contributed by atoms with Crippen molar-refractivity contribution in [1.82, 2.24) is 14.8 Å². The molecule has 5 nitrogen and oxygen atoms in total. The van der Waals surface area contributed by atoms with Gasteiger partial charge in [0.05, 0.1) is 7.11 Å². The summed E-state index contributed by atoms with van der Waals surface area (Å²) in [6.45, 7) is 1.94. The van der Waals surface area contributed by atoms with Crippen LogP contribution < -0.4 is 9.47 Å². The summed E-state index contributed by atoms with van der Waals surface area (Å²) < 4.78 is 13.6. The first-order valence-corrected chi connectivity index (χ1v) is 11.7. The molecule has 1 unspecified atom stereocenters. The summed E-state index contributed by atoms with van der Waals surface area (Å²) in [5, 5.41) is 10.9. The van der Waals surface area contributed by atoms with Crippen molar-refractivity contribution in [3.05, 3.63) is 94.2 Å². The second-order valence-electron chi connectivity index (χ2n) is 6.95. The van der Waals surface area contributed by atoms with Gasteiger partial charge in [-0.25, -0.2) is 0 Å². The van der Waals surface area contributed by atoms with Crippen LogP contribution >= 0.6 is 35.0 Å². The Morgan fingerprint density at radius 2 is 1.66 bits per heavy atom. The molecular weight excluding hydrogens is 465 g/mol. The van der Waals surface area contributed by atoms with Crippen LogP contribution in [0.4, 0.5) is 0 Å². The van der Waals surface area contributed by atoms with Gasteiger partial charge >= 0.3 is 0 Å². The molecule has 164 valence electrons. The van der Waals surface area contributed by atoms with Crippen molar-refractivity contribution in [3.8, 4) is 17.2 Å². The molecule has 4 rings (SSSR count). The summed E-state index contributed by atoms with van der Waals surface area (Å²) in [5.41, 5.74) is 1.93. The van der Waals surface area contributed by atoms with Crippen LogP contribution in [0.5, 0.6) is 11.5 Å². The number of rotatable bonds is 8. The highest BCUT2D eigenvalue weighted by atomic mass is 35.5. The monoisotopic (exact) mass is 485 g/mol. The molecule has 0 aliphatic heterocycles. The van der Waals surface area contributed by atoms with Gasteiger partial charge in [0.25, 0.3) is 0 Å². The van der Waals surface area contributed by atoms with Gasteiger partial charge in [0.1, 0.15) is 0 Å². The van der Waals surface area contributed by atoms with Crippen LogP contribution in [-0.4, -0.2) is 21.9 Å². The molecule has 8 heteroatoms. The second kappa shape index (κ2) is 10.3. The maximum Gasteiger partial charge on any atom is 0.196 e. The first kappa shape index (κ1) is 22.5. The van der Waals surface area contributed by atoms with Gasteiger partial charge in [0.15, 0.2) is 28.6 Å². The van der Waals surface area contributed by atoms with Crippen LogP contribution in [0, 0.1) is 0 Å². The van der Waals surface area contributed by atoms with Crippen LogP contribution in [-0.2, 0) is 5.75 Å². The lowest BCUT2D eigenvalue weighted by Crippen LogP contribution is -2.12. The number of hydrogen-bond donors (Lipinski definition) is 0. The molecule has 0 saturated heterocycles. The molecule has 0 N–H and O–H groups in total. The number of para-hydroxylation sites is 3. The molecule has 0 aliphatic rings. The number of methoxy groups -OCH3 is 1. The van der Waals surface area contributed by atoms with E-state index in [1.54, 1.807) is 24.9 Å². The third-order valence-electron chi connectivity index (χ3n) is 4.78. The number of benzene rings is 3. The lowest BCUT2D eigenvalue weighted by molar-refractivity contribution is 0.204. The molecule has 0 radical (unpaired) electrons. The summed E-state index contributed by atoms with van der Waals surface area (Å²) in [7, 11) is 1.62. The molecule has 0 fully saturated rings. The van der Waals surface area contributed by atoms with E-state index >= 15 is 0 Å². The standard InChI is InChI=1S/C24H21Cl2N3O2S/c1-16(31-22-11-7-6-10-21(22)30-2)23-27-28-24(29(23)19-8-4-3-5-9-19)32-15-17-12-13-18(25)14-20(17)26/h3-14,16H,15H2,1-2H3. The molecule has 3 aromatic carbocycles. The molecule has 0 aliphatic carbocycles. The van der Waals surface area contributed by atoms with Crippen molar-refractivity contribution < 1.29 is 9.47 Å². The largest absolute Gasteiger partial charge is 0.493 e. The first-order chi connectivity index (χ1) is 15.6. The summed E-state index contributed by atoms with van der Waals surface area (Å²) in [5.74, 6) is 2.62. The number of ether oxygens (including phenoxy) is 2. The molecule has 0 saturated carbocycles. The minimum Gasteiger partial charge on any atom is -0.493 e. The smallest absolute Gasteiger partial charge is 0.196 e. The van der Waals surface area contributed by atoms with E-state index < -0.39 is 0 Å². The Hall–Kier alpha value is -2.67. The average Bonchev–Trinajstić information content (AvgIpc) is 3.23. The Morgan fingerprint density at radius 3 is 2.38 bits per heavy atom. The van der Waals surface area contributed by atoms with Gasteiger partial charge in [-0.2, -0.15) is 0 Å². The Morgan fingerprint density at radius 1 is 0.938 bits per heavy atom. The average molecular weight is 486 g/mol. The highest BCUT2D eigenvalue weighted by molar-refractivity contribution is 7.98. The van der Waals surface area contributed by atoms with E-state index in [-0.39, 0.29) is 6.10 Å². The zero-order valence-corrected chi connectivity index (χ0v) is 19.9. The summed E-state index contributed by atoms with van der Waals surface area (Å²) >= 11 is 13.9. The number of halogens is 2. The molecule has 1 atom stereocenters. The van der Waals surface area contributed by atoms with Gasteiger partial charge in [-0.3, -0.25) is 4.57 Å². The molecule has 1 aromatic heterocycles. The third-order valence-corrected chi connectivity index (χ3v) is 6.35. The van der Waals surface area contributed by atoms with E-state index in [0.29, 0.717) is 33.1 Å². The van der Waals surface area contributed by atoms with Crippen LogP contribution in [0.1, 0.15) is 24.4 Å². The number of hydrogen-bond acceptors (Lipinski definition) is 5. The van der Waals surface area contributed by atoms with Crippen molar-refractivity contribution in [3.63, 3.8) is 0 Å². The van der Waals surface area contributed by atoms with Gasteiger partial charge in [0.2, 0.25) is 0 Å². The molecule has 0 amide bonds. The lowest BCUT2D eigenvalue weighted by atomic mass is 10.2. The SMILES string of the molecule is COc1ccccc1OC(C)c1nnc(SCc2ccc(Cl)cc2Cl)n1-c1ccccc1. The van der Waals surface area contributed by atoms with E-state index in [0.717, 1.165) is 16.4 Å². The molecular formula is C24H21Cl2N3O2S. The molecule has 32 heavy (non-hydrogen) atoms. The molecule has 4 aromatic rings. The fourth-order valence-corrected chi connectivity index (χ4v) is 4.72. The summed E-state index contributed by atoms with van der Waals surface area (Å²) in [6, 6.07) is 23.0. The highest BCUT2D eigenvalue weighted by Crippen LogP contribution is 2.34. The van der Waals surface area contributed by atoms with E-state index in [1.165, 1.54) is 0 Å². The molecule has 0 bridgehead atoms. The number of aromatic nitrogens is 3. The Balaban J connectivity index is 1.65. The predicted molar refractivity (Wildman–Crippen MR) is 129 cm³/mol. The van der Waals surface area contributed by atoms with Crippen molar-refractivity contribution >= 4 is 35.0 Å². The maximum atomic E-state index is 6.35. The quantitative estimate of drug-likeness (QED) is 0.251. The fourth-order valence-electron chi connectivity index (χ4n) is 3.20. The van der Waals surface area contributed by atoms with Gasteiger partial charge in [-0.1, -0.05) is 71.4 Å². The minimum atomic E-state index is -0.368. The predicted octanol–water partition coefficient (Wildman–Crippen LogP) is 7.02. The van der Waals surface area contributed by atoms with Crippen LogP contribution in [0.3, 0.4) is 0 Å². The minimum absolute atomic E-state index is 0.368. The van der Waals surface area contributed by atoms with Crippen molar-refractivity contribution in [2.45, 2.75) is 23.9 Å². The highest BCUT2D eigenvalue weighted by Gasteiger charge is 2.22. The van der Waals surface area contributed by atoms with E-state index in [1.807, 2.05) is 78.2 Å². The maximum absolute atomic E-state index is 6.35. The van der Waals surface area contributed by atoms with Crippen LogP contribution in [0.15, 0.2) is 78.0 Å². The van der Waals surface area contributed by atoms with Gasteiger partial charge in [0, 0.05) is 21.5 Å². The topological polar surface area (TPSA) is 49.2 Å². The Labute approximate surface area is 201 Å². The zero-order valence-electron chi connectivity index (χ0n) is 17.5. The summed E-state index contributed by atoms with van der Waals surface area (Å²) in [6.07, 6.45) is -0.368. The molecule has 1 heterocycles. The lowest BCUT2D eigenvalue weighted by Gasteiger charge is -2.18. The van der Waals surface area contributed by atoms with Crippen LogP contribution in [0.25, 0.3) is 5.69 Å². The fraction of sp³-hybridized carbons (Fsp3) is 0.167. The van der Waals surface area contributed by atoms with Gasteiger partial charge in [-0.15, -0.1) is 10.2 Å². The van der Waals surface area contributed by atoms with E-state index in [2.05, 4.69) is 10.2 Å². The number of thioether (sulfide) groups is 1. The van der Waals surface area contributed by atoms with Crippen molar-refractivity contribution in [2.24, 2.45) is 0 Å². The third kappa shape index (κ3) is 5.04. The van der Waals surface area contributed by atoms with E-state index in [9.17, 15) is 0 Å². The summed E-state index contributed by atoms with van der Waals surface area (Å²) in [4.78, 5) is 0. The van der Waals surface area contributed by atoms with Crippen molar-refractivity contribution in [2.75, 3.05) is 7.11 Å². The number of nitrogens with zero attached hydrogens (tertiary/aromatic N) is 3.